The summed E-state index contributed by atoms with van der Waals surface area (Å²) in [6.45, 7) is 27.8. The number of nitrogens with zero attached hydrogens (tertiary/aromatic N) is 7. The Labute approximate surface area is 1240 Å². The fraction of sp³-hybridized carbons (Fsp3) is 0.378. The number of benzene rings is 2. The van der Waals surface area contributed by atoms with E-state index >= 15 is 0 Å². The molecule has 335 valence electrons. The zero-order chi connectivity index (χ0) is 34.4. The largest absolute Gasteiger partial charge is 0.245 e. The van der Waals surface area contributed by atoms with Crippen LogP contribution in [0.1, 0.15) is 91.9 Å². The van der Waals surface area contributed by atoms with Crippen LogP contribution in [-0.4, -0.2) is 34.9 Å². The fourth-order valence-electron chi connectivity index (χ4n) is 2.33. The third-order valence-corrected chi connectivity index (χ3v) is 3.98. The molecule has 0 atom stereocenters. The molecule has 5 aromatic rings. The van der Waals surface area contributed by atoms with Crippen LogP contribution < -0.4 is 0 Å². The van der Waals surface area contributed by atoms with Gasteiger partial charge in [-0.3, -0.25) is 0 Å². The first-order valence-electron chi connectivity index (χ1n) is 15.5. The van der Waals surface area contributed by atoms with Gasteiger partial charge < -0.3 is 0 Å². The van der Waals surface area contributed by atoms with Gasteiger partial charge in [0.15, 0.2) is 0 Å². The van der Waals surface area contributed by atoms with Crippen LogP contribution in [0.3, 0.4) is 0 Å². The molecule has 0 fully saturated rings. The second-order valence-corrected chi connectivity index (χ2v) is 6.98. The molecule has 0 N–H and O–H groups in total. The Hall–Kier alpha value is 29.8. The van der Waals surface area contributed by atoms with Gasteiger partial charge in [0.05, 0.1) is 0 Å². The summed E-state index contributed by atoms with van der Waals surface area (Å²) in [6, 6.07) is 22.4. The number of aromatic nitrogens is 7. The van der Waals surface area contributed by atoms with E-state index < -0.39 is 0 Å². The van der Waals surface area contributed by atoms with Crippen LogP contribution in [0.15, 0.2) is 92.4 Å². The van der Waals surface area contributed by atoms with Crippen molar-refractivity contribution in [2.75, 3.05) is 0 Å². The molecule has 0 aliphatic rings. The van der Waals surface area contributed by atoms with Crippen LogP contribution in [0.4, 0.5) is 0 Å². The van der Waals surface area contributed by atoms with Gasteiger partial charge in [-0.1, -0.05) is 76.2 Å². The van der Waals surface area contributed by atoms with Crippen molar-refractivity contribution in [2.24, 2.45) is 0 Å². The third-order valence-electron chi connectivity index (χ3n) is 3.98. The van der Waals surface area contributed by atoms with E-state index in [-0.39, 0.29) is 1010 Å². The van der Waals surface area contributed by atoms with Crippen molar-refractivity contribution < 1.29 is 1010 Å². The van der Waals surface area contributed by atoms with Gasteiger partial charge in [0.25, 0.3) is 0 Å². The summed E-state index contributed by atoms with van der Waals surface area (Å²) < 4.78 is 0. The number of aryl methyl sites for hydroxylation is 4. The van der Waals surface area contributed by atoms with E-state index in [1.807, 2.05) is 139 Å². The number of hydrogen-bond acceptors (Lipinski definition) is 7. The minimum Gasteiger partial charge on any atom is -0.245 e. The Balaban J connectivity index is -0.00000000731. The van der Waals surface area contributed by atoms with E-state index in [0.29, 0.717) is 0 Å². The molecule has 0 bridgehead atoms. The predicted molar refractivity (Wildman–Crippen MR) is 189 cm³/mol. The molecular weight excluding hydrogens is 3300 g/mol. The standard InChI is InChI=1S/C13H10.2C5H6N2.C4H5N3.5C2H6.31Y/c1-11-6-5-9-13(10-11)12-7-3-2-4-8-12;1-5-2-6-4-7-3-5;1-5-2-3-6-4-7-5;1-4-6-2-5-3-7-4;5*1-2;;;;;;;;;;;;;;;;;;;;;;;;;;;;;;;/h2-7,9H,1H3;2*2-4H,1H3;2-3H,1H3;5*1-2H3;;;;;;;;;;;;;;;;;;;;;;;;;;;;;;;/q-2;;;;;;;;;;;;;;;;;;;;;;;;;;;;;;;;;;;;;;;. The van der Waals surface area contributed by atoms with Gasteiger partial charge in [-0.25, -0.2) is 46.0 Å². The van der Waals surface area contributed by atoms with Gasteiger partial charge in [-0.15, -0.1) is 17.7 Å². The average molecular weight is 3360 g/mol. The van der Waals surface area contributed by atoms with Crippen molar-refractivity contribution in [3.63, 3.8) is 0 Å². The van der Waals surface area contributed by atoms with Gasteiger partial charge in [-0.05, 0) is 32.4 Å². The molecule has 0 aliphatic carbocycles. The van der Waals surface area contributed by atoms with E-state index in [1.54, 1.807) is 18.6 Å². The Bertz CT molecular complexity index is 1160. The van der Waals surface area contributed by atoms with Crippen LogP contribution >= 0.6 is 0 Å². The summed E-state index contributed by atoms with van der Waals surface area (Å²) in [5.74, 6) is 0.759. The zero-order valence-corrected chi connectivity index (χ0v) is 136. The molecule has 7 nitrogen and oxygen atoms in total. The third kappa shape index (κ3) is 187. The maximum Gasteiger partial charge on any atom is 0.128 e. The molecule has 0 amide bonds. The fourth-order valence-corrected chi connectivity index (χ4v) is 2.33. The summed E-state index contributed by atoms with van der Waals surface area (Å²) in [5, 5.41) is 0. The maximum atomic E-state index is 3.87. The van der Waals surface area contributed by atoms with Crippen LogP contribution in [-0.2, 0) is 1010 Å². The first-order valence-corrected chi connectivity index (χ1v) is 15.5. The summed E-state index contributed by atoms with van der Waals surface area (Å²) in [7, 11) is 0. The normalized spacial score (nSPS) is 4.56. The van der Waals surface area contributed by atoms with E-state index in [9.17, 15) is 0 Å². The van der Waals surface area contributed by atoms with Gasteiger partial charge in [0.1, 0.15) is 31.1 Å². The van der Waals surface area contributed by atoms with E-state index in [0.717, 1.165) is 33.8 Å². The predicted octanol–water partition coefficient (Wildman–Crippen LogP) is 10.1. The van der Waals surface area contributed by atoms with Crippen molar-refractivity contribution in [1.82, 2.24) is 34.9 Å². The molecule has 0 unspecified atom stereocenters. The SMILES string of the molecule is CC.CC.CC.CC.CC.Cc1[c-]c(-c2[c-]cccc2)ccc1.Cc1ccncn1.Cc1cncnc1.Cc1ncncn1.[Y].[Y].[Y].[Y].[Y].[Y].[Y].[Y].[Y].[Y].[Y].[Y].[Y].[Y].[Y].[Y].[Y].[Y].[Y].[Y].[Y].[Y].[Y].[Y].[Y].[Y].[Y].[Y].[Y].[Y].[Y]. The molecular formula is C37H57N7Y31-2. The number of hydrogen-bond donors (Lipinski definition) is 0. The molecule has 2 aromatic carbocycles. The van der Waals surface area contributed by atoms with Crippen LogP contribution in [0.5, 0.6) is 0 Å². The molecule has 0 spiro atoms. The minimum absolute atomic E-state index is 0. The molecule has 0 aliphatic heterocycles. The molecule has 75 heavy (non-hydrogen) atoms. The molecule has 3 heterocycles. The van der Waals surface area contributed by atoms with Crippen molar-refractivity contribution >= 4 is 0 Å². The van der Waals surface area contributed by atoms with Gasteiger partial charge in [0, 0.05) is 1040 Å². The zero-order valence-electron chi connectivity index (χ0n) is 47.7. The summed E-state index contributed by atoms with van der Waals surface area (Å²) in [5.41, 5.74) is 5.49. The van der Waals surface area contributed by atoms with Gasteiger partial charge >= 0.3 is 0 Å². The first kappa shape index (κ1) is 232. The molecule has 31 radical (unpaired) electrons. The summed E-state index contributed by atoms with van der Waals surface area (Å²) >= 11 is 0. The Kier molecular flexibility index (Phi) is 658. The smallest absolute Gasteiger partial charge is 0.128 e. The van der Waals surface area contributed by atoms with Crippen molar-refractivity contribution in [3.8, 4) is 11.1 Å². The maximum absolute atomic E-state index is 3.87. The average Bonchev–Trinajstić information content (AvgIpc) is 3.12. The van der Waals surface area contributed by atoms with Gasteiger partial charge in [-0.2, -0.15) is 42.5 Å². The second-order valence-electron chi connectivity index (χ2n) is 6.98. The number of rotatable bonds is 1. The van der Waals surface area contributed by atoms with Crippen LogP contribution in [0.2, 0.25) is 0 Å². The van der Waals surface area contributed by atoms with E-state index in [1.165, 1.54) is 25.3 Å². The van der Waals surface area contributed by atoms with Gasteiger partial charge in [0.2, 0.25) is 0 Å². The topological polar surface area (TPSA) is 90.2 Å². The minimum atomic E-state index is 0. The molecule has 5 rings (SSSR count). The van der Waals surface area contributed by atoms with E-state index in [4.69, 9.17) is 0 Å². The first-order chi connectivity index (χ1) is 21.5. The molecule has 0 saturated carbocycles. The Morgan fingerprint density at radius 2 is 0.627 bits per heavy atom. The molecule has 0 saturated heterocycles. The monoisotopic (exact) mass is 3360 g/mol. The molecule has 38 heteroatoms. The molecule has 3 aromatic heterocycles. The second kappa shape index (κ2) is 213. The van der Waals surface area contributed by atoms with Crippen LogP contribution in [0.25, 0.3) is 11.1 Å². The van der Waals surface area contributed by atoms with Crippen molar-refractivity contribution in [2.45, 2.75) is 96.9 Å². The van der Waals surface area contributed by atoms with E-state index in [2.05, 4.69) is 53.1 Å². The van der Waals surface area contributed by atoms with Crippen molar-refractivity contribution in [1.29, 1.82) is 0 Å². The quantitative estimate of drug-likeness (QED) is 0.155. The Morgan fingerprint density at radius 1 is 0.307 bits per heavy atom. The Morgan fingerprint density at radius 3 is 0.827 bits per heavy atom. The van der Waals surface area contributed by atoms with Crippen molar-refractivity contribution in [3.05, 3.63) is 127 Å². The summed E-state index contributed by atoms with van der Waals surface area (Å²) in [6.07, 6.45) is 11.3. The summed E-state index contributed by atoms with van der Waals surface area (Å²) in [4.78, 5) is 26.3. The van der Waals surface area contributed by atoms with Crippen LogP contribution in [0, 0.1) is 39.8 Å².